The number of nitrogens with two attached hydrogens (primary N) is 1. The first-order valence-corrected chi connectivity index (χ1v) is 7.33. The Morgan fingerprint density at radius 1 is 1.56 bits per heavy atom. The van der Waals surface area contributed by atoms with Gasteiger partial charge in [-0.1, -0.05) is 15.9 Å². The van der Waals surface area contributed by atoms with Crippen LogP contribution in [0.3, 0.4) is 0 Å². The summed E-state index contributed by atoms with van der Waals surface area (Å²) in [7, 11) is 2.16. The smallest absolute Gasteiger partial charge is 0.0365 e. The van der Waals surface area contributed by atoms with Gasteiger partial charge in [-0.05, 0) is 43.0 Å². The lowest BCUT2D eigenvalue weighted by Gasteiger charge is -2.32. The average Bonchev–Trinajstić information content (AvgIpc) is 2.28. The molecule has 0 saturated heterocycles. The zero-order valence-corrected chi connectivity index (χ0v) is 11.9. The van der Waals surface area contributed by atoms with E-state index in [4.69, 9.17) is 5.73 Å². The molecule has 1 aliphatic rings. The third-order valence-corrected chi connectivity index (χ3v) is 4.61. The number of fused-ring (bicyclic) bond motifs is 1. The second-order valence-electron chi connectivity index (χ2n) is 4.10. The molecule has 2 rings (SSSR count). The van der Waals surface area contributed by atoms with Crippen LogP contribution >= 0.6 is 27.7 Å². The molecule has 0 bridgehead atoms. The van der Waals surface area contributed by atoms with Crippen LogP contribution in [-0.4, -0.2) is 30.8 Å². The summed E-state index contributed by atoms with van der Waals surface area (Å²) in [6.07, 6.45) is 1.21. The van der Waals surface area contributed by atoms with Gasteiger partial charge in [0.1, 0.15) is 0 Å². The minimum absolute atomic E-state index is 0.525. The quantitative estimate of drug-likeness (QED) is 0.931. The summed E-state index contributed by atoms with van der Waals surface area (Å²) in [4.78, 5) is 3.79. The third-order valence-electron chi connectivity index (χ3n) is 2.99. The van der Waals surface area contributed by atoms with Crippen LogP contribution in [0.25, 0.3) is 0 Å². The lowest BCUT2D eigenvalue weighted by atomic mass is 10.0. The standard InChI is InChI=1S/C12H17BrN2S/c1-15(6-5-14)11-4-7-16-12-3-2-9(13)8-10(11)12/h2-3,8,11H,4-7,14H2,1H3. The lowest BCUT2D eigenvalue weighted by molar-refractivity contribution is 0.242. The Balaban J connectivity index is 2.27. The van der Waals surface area contributed by atoms with E-state index < -0.39 is 0 Å². The Hall–Kier alpha value is -0.0300. The maximum atomic E-state index is 5.63. The summed E-state index contributed by atoms with van der Waals surface area (Å²) in [5.41, 5.74) is 7.08. The summed E-state index contributed by atoms with van der Waals surface area (Å²) in [5.74, 6) is 1.20. The van der Waals surface area contributed by atoms with Gasteiger partial charge >= 0.3 is 0 Å². The van der Waals surface area contributed by atoms with Crippen LogP contribution in [0.2, 0.25) is 0 Å². The molecule has 2 N–H and O–H groups in total. The fraction of sp³-hybridized carbons (Fsp3) is 0.500. The van der Waals surface area contributed by atoms with Crippen molar-refractivity contribution in [3.05, 3.63) is 28.2 Å². The fourth-order valence-corrected chi connectivity index (χ4v) is 3.63. The van der Waals surface area contributed by atoms with Crippen molar-refractivity contribution < 1.29 is 0 Å². The molecule has 1 aliphatic heterocycles. The minimum Gasteiger partial charge on any atom is -0.329 e. The van der Waals surface area contributed by atoms with E-state index in [2.05, 4.69) is 46.1 Å². The SMILES string of the molecule is CN(CCN)C1CCSc2ccc(Br)cc21. The van der Waals surface area contributed by atoms with Crippen LogP contribution in [0.4, 0.5) is 0 Å². The van der Waals surface area contributed by atoms with E-state index in [9.17, 15) is 0 Å². The highest BCUT2D eigenvalue weighted by Crippen LogP contribution is 2.39. The molecule has 4 heteroatoms. The molecule has 1 aromatic carbocycles. The van der Waals surface area contributed by atoms with E-state index in [-0.39, 0.29) is 0 Å². The molecule has 16 heavy (non-hydrogen) atoms. The van der Waals surface area contributed by atoms with Crippen molar-refractivity contribution in [2.45, 2.75) is 17.4 Å². The Kier molecular flexibility index (Phi) is 4.30. The van der Waals surface area contributed by atoms with Gasteiger partial charge in [-0.2, -0.15) is 0 Å². The van der Waals surface area contributed by atoms with Crippen molar-refractivity contribution in [3.63, 3.8) is 0 Å². The van der Waals surface area contributed by atoms with Gasteiger partial charge in [0.25, 0.3) is 0 Å². The predicted molar refractivity (Wildman–Crippen MR) is 73.9 cm³/mol. The molecule has 1 heterocycles. The monoisotopic (exact) mass is 300 g/mol. The first kappa shape index (κ1) is 12.4. The molecule has 0 saturated carbocycles. The van der Waals surface area contributed by atoms with Crippen LogP contribution < -0.4 is 5.73 Å². The number of nitrogens with zero attached hydrogens (tertiary/aromatic N) is 1. The Bertz CT molecular complexity index is 370. The van der Waals surface area contributed by atoms with Crippen molar-refractivity contribution in [3.8, 4) is 0 Å². The van der Waals surface area contributed by atoms with Crippen LogP contribution in [0, 0.1) is 0 Å². The number of benzene rings is 1. The molecular weight excluding hydrogens is 284 g/mol. The first-order chi connectivity index (χ1) is 7.72. The Morgan fingerprint density at radius 2 is 2.38 bits per heavy atom. The molecule has 0 aliphatic carbocycles. The number of hydrogen-bond donors (Lipinski definition) is 1. The fourth-order valence-electron chi connectivity index (χ4n) is 2.16. The van der Waals surface area contributed by atoms with Crippen molar-refractivity contribution in [2.75, 3.05) is 25.9 Å². The van der Waals surface area contributed by atoms with Crippen LogP contribution in [-0.2, 0) is 0 Å². The molecule has 0 fully saturated rings. The lowest BCUT2D eigenvalue weighted by Crippen LogP contribution is -2.31. The number of rotatable bonds is 3. The highest BCUT2D eigenvalue weighted by Gasteiger charge is 2.23. The van der Waals surface area contributed by atoms with E-state index in [1.807, 2.05) is 11.8 Å². The van der Waals surface area contributed by atoms with Gasteiger partial charge in [-0.25, -0.2) is 0 Å². The molecule has 1 aromatic rings. The van der Waals surface area contributed by atoms with E-state index >= 15 is 0 Å². The van der Waals surface area contributed by atoms with Gasteiger partial charge < -0.3 is 5.73 Å². The van der Waals surface area contributed by atoms with E-state index in [0.717, 1.165) is 13.1 Å². The summed E-state index contributed by atoms with van der Waals surface area (Å²) >= 11 is 5.51. The molecule has 1 unspecified atom stereocenters. The predicted octanol–water partition coefficient (Wildman–Crippen LogP) is 2.88. The first-order valence-electron chi connectivity index (χ1n) is 5.55. The third kappa shape index (κ3) is 2.62. The molecule has 1 atom stereocenters. The van der Waals surface area contributed by atoms with Gasteiger partial charge in [0.05, 0.1) is 0 Å². The number of thioether (sulfide) groups is 1. The van der Waals surface area contributed by atoms with Gasteiger partial charge in [0, 0.05) is 28.5 Å². The number of halogens is 1. The summed E-state index contributed by atoms with van der Waals surface area (Å²) in [6.45, 7) is 1.69. The van der Waals surface area contributed by atoms with Gasteiger partial charge in [0.15, 0.2) is 0 Å². The number of likely N-dealkylation sites (N-methyl/N-ethyl adjacent to an activating group) is 1. The van der Waals surface area contributed by atoms with Crippen LogP contribution in [0.1, 0.15) is 18.0 Å². The Morgan fingerprint density at radius 3 is 3.12 bits per heavy atom. The van der Waals surface area contributed by atoms with Crippen molar-refractivity contribution >= 4 is 27.7 Å². The van der Waals surface area contributed by atoms with E-state index in [1.54, 1.807) is 0 Å². The topological polar surface area (TPSA) is 29.3 Å². The van der Waals surface area contributed by atoms with E-state index in [0.29, 0.717) is 6.04 Å². The van der Waals surface area contributed by atoms with Crippen molar-refractivity contribution in [2.24, 2.45) is 5.73 Å². The molecule has 88 valence electrons. The number of hydrogen-bond acceptors (Lipinski definition) is 3. The second-order valence-corrected chi connectivity index (χ2v) is 6.16. The second kappa shape index (κ2) is 5.54. The van der Waals surface area contributed by atoms with E-state index in [1.165, 1.54) is 27.1 Å². The molecule has 2 nitrogen and oxygen atoms in total. The van der Waals surface area contributed by atoms with Gasteiger partial charge in [-0.15, -0.1) is 11.8 Å². The van der Waals surface area contributed by atoms with Crippen LogP contribution in [0.15, 0.2) is 27.6 Å². The van der Waals surface area contributed by atoms with Gasteiger partial charge in [-0.3, -0.25) is 4.90 Å². The maximum absolute atomic E-state index is 5.63. The summed E-state index contributed by atoms with van der Waals surface area (Å²) < 4.78 is 1.17. The maximum Gasteiger partial charge on any atom is 0.0365 e. The average molecular weight is 301 g/mol. The zero-order valence-electron chi connectivity index (χ0n) is 9.45. The zero-order chi connectivity index (χ0) is 11.5. The largest absolute Gasteiger partial charge is 0.329 e. The summed E-state index contributed by atoms with van der Waals surface area (Å²) in [5, 5.41) is 0. The molecule has 0 aromatic heterocycles. The van der Waals surface area contributed by atoms with Gasteiger partial charge in [0.2, 0.25) is 0 Å². The highest BCUT2D eigenvalue weighted by molar-refractivity contribution is 9.10. The molecule has 0 radical (unpaired) electrons. The summed E-state index contributed by atoms with van der Waals surface area (Å²) in [6, 6.07) is 7.11. The van der Waals surface area contributed by atoms with Crippen molar-refractivity contribution in [1.29, 1.82) is 0 Å². The molecule has 0 amide bonds. The highest BCUT2D eigenvalue weighted by atomic mass is 79.9. The van der Waals surface area contributed by atoms with Crippen molar-refractivity contribution in [1.82, 2.24) is 4.90 Å². The molecular formula is C12H17BrN2S. The molecule has 0 spiro atoms. The van der Waals surface area contributed by atoms with Crippen LogP contribution in [0.5, 0.6) is 0 Å². The Labute approximate surface area is 110 Å². The minimum atomic E-state index is 0.525. The normalized spacial score (nSPS) is 19.9.